The molecule has 1 saturated carbocycles. The van der Waals surface area contributed by atoms with E-state index in [-0.39, 0.29) is 11.0 Å². The van der Waals surface area contributed by atoms with Gasteiger partial charge in [-0.1, -0.05) is 66.7 Å². The molecule has 3 unspecified atom stereocenters. The zero-order valence-corrected chi connectivity index (χ0v) is 22.9. The Hall–Kier alpha value is -4.30. The molecule has 3 aromatic carbocycles. The summed E-state index contributed by atoms with van der Waals surface area (Å²) in [6.07, 6.45) is 4.70. The molecule has 2 aliphatic rings. The van der Waals surface area contributed by atoms with E-state index < -0.39 is 0 Å². The predicted molar refractivity (Wildman–Crippen MR) is 158 cm³/mol. The number of nitrogens with zero attached hydrogens (tertiary/aromatic N) is 2. The van der Waals surface area contributed by atoms with Crippen molar-refractivity contribution in [3.8, 4) is 22.4 Å². The van der Waals surface area contributed by atoms with Crippen LogP contribution in [-0.4, -0.2) is 0 Å². The van der Waals surface area contributed by atoms with E-state index >= 15 is 0 Å². The summed E-state index contributed by atoms with van der Waals surface area (Å²) in [6.45, 7) is 9.47. The van der Waals surface area contributed by atoms with Gasteiger partial charge in [0, 0.05) is 36.8 Å². The lowest BCUT2D eigenvalue weighted by molar-refractivity contribution is -0.733. The van der Waals surface area contributed by atoms with Gasteiger partial charge in [0.15, 0.2) is 23.6 Å². The second kappa shape index (κ2) is 7.64. The van der Waals surface area contributed by atoms with Gasteiger partial charge in [0.2, 0.25) is 11.2 Å². The summed E-state index contributed by atoms with van der Waals surface area (Å²) in [4.78, 5) is 0. The second-order valence-electron chi connectivity index (χ2n) is 11.9. The molecule has 0 radical (unpaired) electrons. The highest BCUT2D eigenvalue weighted by molar-refractivity contribution is 5.94. The number of hydrogen-bond acceptors (Lipinski definition) is 0. The largest absolute Gasteiger partial charge is 0.219 e. The van der Waals surface area contributed by atoms with Crippen LogP contribution in [0.1, 0.15) is 42.1 Å². The normalized spacial score (nSPS) is 22.8. The fourth-order valence-corrected chi connectivity index (χ4v) is 7.98. The molecule has 6 aromatic rings. The van der Waals surface area contributed by atoms with E-state index in [0.717, 1.165) is 0 Å². The summed E-state index contributed by atoms with van der Waals surface area (Å²) in [5.74, 6) is 0.308. The van der Waals surface area contributed by atoms with Gasteiger partial charge in [0.05, 0.1) is 16.4 Å². The van der Waals surface area contributed by atoms with Gasteiger partial charge in [-0.25, -0.2) is 0 Å². The molecule has 3 atom stereocenters. The fourth-order valence-electron chi connectivity index (χ4n) is 7.98. The molecule has 1 aliphatic carbocycles. The molecule has 188 valence electrons. The van der Waals surface area contributed by atoms with Crippen LogP contribution in [0.5, 0.6) is 0 Å². The molecule has 1 fully saturated rings. The third kappa shape index (κ3) is 2.76. The maximum absolute atomic E-state index is 2.57. The molecule has 39 heavy (non-hydrogen) atoms. The SMILES string of the molecule is Cc1cc2c3ccccc3cc(C3C4(C)c5cccc(C)c5-c5cccc[n+]5C34C)[n+]2cc1-c1ccccc1. The maximum atomic E-state index is 2.57. The quantitative estimate of drug-likeness (QED) is 0.169. The van der Waals surface area contributed by atoms with Crippen LogP contribution in [0, 0.1) is 13.8 Å². The Morgan fingerprint density at radius 2 is 1.49 bits per heavy atom. The van der Waals surface area contributed by atoms with Crippen LogP contribution in [0.25, 0.3) is 38.7 Å². The van der Waals surface area contributed by atoms with E-state index in [0.29, 0.717) is 5.92 Å². The monoisotopic (exact) mass is 504 g/mol. The van der Waals surface area contributed by atoms with Crippen LogP contribution < -0.4 is 8.97 Å². The fraction of sp³-hybridized carbons (Fsp3) is 0.189. The molecule has 0 spiro atoms. The van der Waals surface area contributed by atoms with Crippen LogP contribution in [0.3, 0.4) is 0 Å². The molecule has 8 rings (SSSR count). The molecule has 4 heterocycles. The molecule has 0 amide bonds. The van der Waals surface area contributed by atoms with Gasteiger partial charge in [-0.15, -0.1) is 0 Å². The Labute approximate surface area is 229 Å². The summed E-state index contributed by atoms with van der Waals surface area (Å²) in [5.41, 5.74) is 11.9. The molecule has 0 bridgehead atoms. The first-order valence-electron chi connectivity index (χ1n) is 14.0. The molecule has 3 aromatic heterocycles. The highest BCUT2D eigenvalue weighted by atomic mass is 15.2. The number of fused-ring (bicyclic) bond motifs is 9. The molecular weight excluding hydrogens is 472 g/mol. The molecule has 0 N–H and O–H groups in total. The Kier molecular flexibility index (Phi) is 4.44. The van der Waals surface area contributed by atoms with Gasteiger partial charge >= 0.3 is 0 Å². The first-order chi connectivity index (χ1) is 18.9. The average Bonchev–Trinajstić information content (AvgIpc) is 3.50. The van der Waals surface area contributed by atoms with Gasteiger partial charge in [-0.3, -0.25) is 0 Å². The Bertz CT molecular complexity index is 1970. The van der Waals surface area contributed by atoms with E-state index in [4.69, 9.17) is 0 Å². The van der Waals surface area contributed by atoms with Crippen LogP contribution >= 0.6 is 0 Å². The van der Waals surface area contributed by atoms with Crippen molar-refractivity contribution >= 4 is 16.3 Å². The lowest BCUT2D eigenvalue weighted by Gasteiger charge is -2.25. The van der Waals surface area contributed by atoms with Crippen LogP contribution in [0.4, 0.5) is 0 Å². The molecule has 2 heteroatoms. The lowest BCUT2D eigenvalue weighted by atomic mass is 9.82. The summed E-state index contributed by atoms with van der Waals surface area (Å²) < 4.78 is 5.08. The van der Waals surface area contributed by atoms with Crippen molar-refractivity contribution < 1.29 is 8.97 Å². The van der Waals surface area contributed by atoms with Crippen LogP contribution in [0.15, 0.2) is 116 Å². The number of aryl methyl sites for hydroxylation is 2. The van der Waals surface area contributed by atoms with E-state index in [9.17, 15) is 0 Å². The third-order valence-corrected chi connectivity index (χ3v) is 10.1. The predicted octanol–water partition coefficient (Wildman–Crippen LogP) is 7.60. The molecule has 2 nitrogen and oxygen atoms in total. The first-order valence-corrected chi connectivity index (χ1v) is 14.0. The van der Waals surface area contributed by atoms with Crippen LogP contribution in [0.2, 0.25) is 0 Å². The number of hydrogen-bond donors (Lipinski definition) is 0. The zero-order chi connectivity index (χ0) is 26.5. The number of benzene rings is 3. The minimum Gasteiger partial charge on any atom is -0.191 e. The van der Waals surface area contributed by atoms with E-state index in [1.54, 1.807) is 0 Å². The summed E-state index contributed by atoms with van der Waals surface area (Å²) in [5, 5.41) is 2.60. The molecular formula is C37H32N2+2. The topological polar surface area (TPSA) is 7.98 Å². The average molecular weight is 505 g/mol. The van der Waals surface area contributed by atoms with Crippen molar-refractivity contribution in [3.63, 3.8) is 0 Å². The summed E-state index contributed by atoms with van der Waals surface area (Å²) >= 11 is 0. The number of aromatic nitrogens is 2. The number of rotatable bonds is 2. The van der Waals surface area contributed by atoms with Crippen molar-refractivity contribution in [1.29, 1.82) is 0 Å². The standard InChI is InChI=1S/C37H32N2/c1-24-13-12-18-30-34(24)31-19-10-11-20-39(31)37(4)35(36(30,37)3)33-22-27-16-8-9-17-28(27)32-21-25(2)29(23-38(32)33)26-14-6-5-7-15-26/h5-23,35H,1-4H3/q+2. The maximum Gasteiger partial charge on any atom is 0.219 e. The minimum absolute atomic E-state index is 0.0342. The highest BCUT2D eigenvalue weighted by Crippen LogP contribution is 2.72. The van der Waals surface area contributed by atoms with Crippen molar-refractivity contribution in [2.45, 2.75) is 44.6 Å². The number of pyridine rings is 3. The Morgan fingerprint density at radius 1 is 0.718 bits per heavy atom. The van der Waals surface area contributed by atoms with Crippen molar-refractivity contribution in [2.75, 3.05) is 0 Å². The molecule has 1 aliphatic heterocycles. The minimum atomic E-state index is -0.0788. The first kappa shape index (κ1) is 22.7. The zero-order valence-electron chi connectivity index (χ0n) is 22.9. The van der Waals surface area contributed by atoms with E-state index in [1.807, 2.05) is 0 Å². The lowest BCUT2D eigenvalue weighted by Crippen LogP contribution is -2.53. The Morgan fingerprint density at radius 3 is 2.33 bits per heavy atom. The third-order valence-electron chi connectivity index (χ3n) is 10.1. The van der Waals surface area contributed by atoms with Crippen molar-refractivity contribution in [2.24, 2.45) is 0 Å². The Balaban J connectivity index is 1.48. The summed E-state index contributed by atoms with van der Waals surface area (Å²) in [7, 11) is 0. The van der Waals surface area contributed by atoms with Gasteiger partial charge in [-0.05, 0) is 60.5 Å². The molecule has 0 saturated heterocycles. The van der Waals surface area contributed by atoms with E-state index in [1.165, 1.54) is 61.1 Å². The van der Waals surface area contributed by atoms with Crippen LogP contribution in [-0.2, 0) is 11.0 Å². The van der Waals surface area contributed by atoms with Crippen molar-refractivity contribution in [1.82, 2.24) is 0 Å². The van der Waals surface area contributed by atoms with Gasteiger partial charge in [0.1, 0.15) is 5.92 Å². The van der Waals surface area contributed by atoms with Gasteiger partial charge in [0.25, 0.3) is 0 Å². The smallest absolute Gasteiger partial charge is 0.191 e. The van der Waals surface area contributed by atoms with Gasteiger partial charge in [-0.2, -0.15) is 8.97 Å². The second-order valence-corrected chi connectivity index (χ2v) is 11.9. The summed E-state index contributed by atoms with van der Waals surface area (Å²) in [6, 6.07) is 38.1. The van der Waals surface area contributed by atoms with Crippen molar-refractivity contribution in [3.05, 3.63) is 138 Å². The highest BCUT2D eigenvalue weighted by Gasteiger charge is 2.84. The van der Waals surface area contributed by atoms with Gasteiger partial charge < -0.3 is 0 Å². The van der Waals surface area contributed by atoms with E-state index in [2.05, 4.69) is 152 Å².